The quantitative estimate of drug-likeness (QED) is 0.907. The number of rotatable bonds is 4. The van der Waals surface area contributed by atoms with E-state index in [1.165, 1.54) is 12.3 Å². The number of halogens is 1. The van der Waals surface area contributed by atoms with Crippen molar-refractivity contribution in [2.75, 3.05) is 26.3 Å². The van der Waals surface area contributed by atoms with E-state index >= 15 is 0 Å². The first-order valence-electron chi connectivity index (χ1n) is 8.00. The van der Waals surface area contributed by atoms with Crippen molar-refractivity contribution in [3.8, 4) is 0 Å². The first-order valence-corrected chi connectivity index (χ1v) is 8.37. The lowest BCUT2D eigenvalue weighted by atomic mass is 10.2. The standard InChI is InChI=1S/C18H18ClN3O3/c19-15-4-2-1-3-14(15)12-21-17(23)13-5-6-20-16(11-13)18(24)22-7-9-25-10-8-22/h1-6,11H,7-10,12H2,(H,21,23). The normalized spacial score (nSPS) is 14.2. The summed E-state index contributed by atoms with van der Waals surface area (Å²) < 4.78 is 5.24. The van der Waals surface area contributed by atoms with Gasteiger partial charge in [0.15, 0.2) is 0 Å². The van der Waals surface area contributed by atoms with E-state index in [4.69, 9.17) is 16.3 Å². The number of nitrogens with one attached hydrogen (secondary N) is 1. The number of hydrogen-bond acceptors (Lipinski definition) is 4. The Labute approximate surface area is 150 Å². The van der Waals surface area contributed by atoms with E-state index in [2.05, 4.69) is 10.3 Å². The van der Waals surface area contributed by atoms with Crippen LogP contribution < -0.4 is 5.32 Å². The van der Waals surface area contributed by atoms with Crippen LogP contribution in [-0.2, 0) is 11.3 Å². The summed E-state index contributed by atoms with van der Waals surface area (Å²) in [5, 5.41) is 3.40. The molecule has 0 aliphatic carbocycles. The minimum atomic E-state index is -0.279. The average Bonchev–Trinajstić information content (AvgIpc) is 2.67. The van der Waals surface area contributed by atoms with Gasteiger partial charge in [-0.05, 0) is 23.8 Å². The van der Waals surface area contributed by atoms with Crippen molar-refractivity contribution < 1.29 is 14.3 Å². The molecule has 1 saturated heterocycles. The number of aromatic nitrogens is 1. The highest BCUT2D eigenvalue weighted by molar-refractivity contribution is 6.31. The molecular weight excluding hydrogens is 342 g/mol. The third-order valence-corrected chi connectivity index (χ3v) is 4.31. The molecule has 0 atom stereocenters. The molecule has 25 heavy (non-hydrogen) atoms. The second kappa shape index (κ2) is 8.09. The van der Waals surface area contributed by atoms with Crippen molar-refractivity contribution in [1.82, 2.24) is 15.2 Å². The number of amides is 2. The predicted octanol–water partition coefficient (Wildman–Crippen LogP) is 2.14. The van der Waals surface area contributed by atoms with Gasteiger partial charge in [0.2, 0.25) is 0 Å². The summed E-state index contributed by atoms with van der Waals surface area (Å²) in [6.07, 6.45) is 1.47. The summed E-state index contributed by atoms with van der Waals surface area (Å²) in [5.41, 5.74) is 1.47. The minimum absolute atomic E-state index is 0.191. The van der Waals surface area contributed by atoms with Crippen LogP contribution >= 0.6 is 11.6 Å². The molecular formula is C18H18ClN3O3. The van der Waals surface area contributed by atoms with E-state index in [-0.39, 0.29) is 17.5 Å². The van der Waals surface area contributed by atoms with E-state index in [9.17, 15) is 9.59 Å². The molecule has 1 fully saturated rings. The molecule has 1 aromatic carbocycles. The third kappa shape index (κ3) is 4.35. The third-order valence-electron chi connectivity index (χ3n) is 3.94. The van der Waals surface area contributed by atoms with Gasteiger partial charge in [0.05, 0.1) is 13.2 Å². The van der Waals surface area contributed by atoms with Crippen LogP contribution in [0.25, 0.3) is 0 Å². The molecule has 0 bridgehead atoms. The molecule has 1 aliphatic heterocycles. The Morgan fingerprint density at radius 2 is 1.96 bits per heavy atom. The van der Waals surface area contributed by atoms with Gasteiger partial charge in [0, 0.05) is 36.4 Å². The maximum Gasteiger partial charge on any atom is 0.272 e. The lowest BCUT2D eigenvalue weighted by Crippen LogP contribution is -2.41. The van der Waals surface area contributed by atoms with Crippen LogP contribution in [0, 0.1) is 0 Å². The molecule has 3 rings (SSSR count). The molecule has 0 radical (unpaired) electrons. The Kier molecular flexibility index (Phi) is 5.63. The van der Waals surface area contributed by atoms with Crippen LogP contribution in [0.1, 0.15) is 26.4 Å². The largest absolute Gasteiger partial charge is 0.378 e. The molecule has 0 unspecified atom stereocenters. The fourth-order valence-corrected chi connectivity index (χ4v) is 2.74. The lowest BCUT2D eigenvalue weighted by molar-refractivity contribution is 0.0299. The van der Waals surface area contributed by atoms with E-state index in [0.717, 1.165) is 5.56 Å². The first kappa shape index (κ1) is 17.4. The fraction of sp³-hybridized carbons (Fsp3) is 0.278. The van der Waals surface area contributed by atoms with Crippen molar-refractivity contribution in [2.45, 2.75) is 6.54 Å². The van der Waals surface area contributed by atoms with Crippen molar-refractivity contribution in [2.24, 2.45) is 0 Å². The Bertz CT molecular complexity index is 776. The number of pyridine rings is 1. The zero-order valence-electron chi connectivity index (χ0n) is 13.6. The van der Waals surface area contributed by atoms with E-state index < -0.39 is 0 Å². The van der Waals surface area contributed by atoms with Gasteiger partial charge in [0.1, 0.15) is 5.69 Å². The second-order valence-electron chi connectivity index (χ2n) is 5.61. The van der Waals surface area contributed by atoms with Crippen LogP contribution in [0.2, 0.25) is 5.02 Å². The molecule has 1 aromatic heterocycles. The lowest BCUT2D eigenvalue weighted by Gasteiger charge is -2.26. The number of ether oxygens (including phenoxy) is 1. The fourth-order valence-electron chi connectivity index (χ4n) is 2.54. The highest BCUT2D eigenvalue weighted by atomic mass is 35.5. The van der Waals surface area contributed by atoms with Crippen molar-refractivity contribution in [3.63, 3.8) is 0 Å². The van der Waals surface area contributed by atoms with Gasteiger partial charge in [-0.2, -0.15) is 0 Å². The molecule has 0 spiro atoms. The van der Waals surface area contributed by atoms with Crippen LogP contribution in [0.15, 0.2) is 42.6 Å². The highest BCUT2D eigenvalue weighted by Crippen LogP contribution is 2.15. The Morgan fingerprint density at radius 1 is 1.20 bits per heavy atom. The van der Waals surface area contributed by atoms with Gasteiger partial charge in [-0.3, -0.25) is 14.6 Å². The molecule has 130 valence electrons. The number of nitrogens with zero attached hydrogens (tertiary/aromatic N) is 2. The second-order valence-corrected chi connectivity index (χ2v) is 6.02. The van der Waals surface area contributed by atoms with Gasteiger partial charge in [-0.1, -0.05) is 29.8 Å². The zero-order valence-corrected chi connectivity index (χ0v) is 14.3. The molecule has 2 aromatic rings. The number of carbonyl (C=O) groups is 2. The van der Waals surface area contributed by atoms with Gasteiger partial charge >= 0.3 is 0 Å². The SMILES string of the molecule is O=C(NCc1ccccc1Cl)c1ccnc(C(=O)N2CCOCC2)c1. The molecule has 2 heterocycles. The summed E-state index contributed by atoms with van der Waals surface area (Å²) in [6, 6.07) is 10.4. The first-order chi connectivity index (χ1) is 12.1. The van der Waals surface area contributed by atoms with E-state index in [1.54, 1.807) is 17.0 Å². The van der Waals surface area contributed by atoms with Gasteiger partial charge < -0.3 is 15.0 Å². The number of morpholine rings is 1. The van der Waals surface area contributed by atoms with Crippen LogP contribution in [0.5, 0.6) is 0 Å². The minimum Gasteiger partial charge on any atom is -0.378 e. The van der Waals surface area contributed by atoms with E-state index in [0.29, 0.717) is 43.4 Å². The van der Waals surface area contributed by atoms with Gasteiger partial charge in [0.25, 0.3) is 11.8 Å². The summed E-state index contributed by atoms with van der Waals surface area (Å²) in [4.78, 5) is 30.6. The van der Waals surface area contributed by atoms with Crippen LogP contribution in [-0.4, -0.2) is 48.0 Å². The summed E-state index contributed by atoms with van der Waals surface area (Å²) in [6.45, 7) is 2.41. The summed E-state index contributed by atoms with van der Waals surface area (Å²) in [5.74, 6) is -0.470. The molecule has 7 heteroatoms. The average molecular weight is 360 g/mol. The van der Waals surface area contributed by atoms with Gasteiger partial charge in [-0.15, -0.1) is 0 Å². The number of carbonyl (C=O) groups excluding carboxylic acids is 2. The number of hydrogen-bond donors (Lipinski definition) is 1. The highest BCUT2D eigenvalue weighted by Gasteiger charge is 2.20. The smallest absolute Gasteiger partial charge is 0.272 e. The predicted molar refractivity (Wildman–Crippen MR) is 93.6 cm³/mol. The van der Waals surface area contributed by atoms with Crippen LogP contribution in [0.3, 0.4) is 0 Å². The Morgan fingerprint density at radius 3 is 2.72 bits per heavy atom. The van der Waals surface area contributed by atoms with Crippen molar-refractivity contribution in [3.05, 3.63) is 64.4 Å². The zero-order chi connectivity index (χ0) is 17.6. The Hall–Kier alpha value is -2.44. The molecule has 1 aliphatic rings. The molecule has 1 N–H and O–H groups in total. The summed E-state index contributed by atoms with van der Waals surface area (Å²) >= 11 is 6.08. The van der Waals surface area contributed by atoms with Gasteiger partial charge in [-0.25, -0.2) is 0 Å². The van der Waals surface area contributed by atoms with E-state index in [1.807, 2.05) is 18.2 Å². The Balaban J connectivity index is 1.67. The monoisotopic (exact) mass is 359 g/mol. The molecule has 6 nitrogen and oxygen atoms in total. The maximum absolute atomic E-state index is 12.5. The molecule has 0 saturated carbocycles. The number of benzene rings is 1. The molecule has 2 amide bonds. The maximum atomic E-state index is 12.5. The van der Waals surface area contributed by atoms with Crippen LogP contribution in [0.4, 0.5) is 0 Å². The summed E-state index contributed by atoms with van der Waals surface area (Å²) in [7, 11) is 0. The topological polar surface area (TPSA) is 71.5 Å². The van der Waals surface area contributed by atoms with Crippen molar-refractivity contribution >= 4 is 23.4 Å². The van der Waals surface area contributed by atoms with Crippen molar-refractivity contribution in [1.29, 1.82) is 0 Å².